The molecule has 1 N–H and O–H groups in total. The minimum Gasteiger partial charge on any atom is -0.334 e. The number of amides is 1. The van der Waals surface area contributed by atoms with Gasteiger partial charge in [0.05, 0.1) is 6.42 Å². The number of nitrogens with zero attached hydrogens (tertiary/aromatic N) is 2. The van der Waals surface area contributed by atoms with Gasteiger partial charge in [-0.05, 0) is 35.9 Å². The number of benzene rings is 2. The number of aryl methyl sites for hydroxylation is 1. The van der Waals surface area contributed by atoms with E-state index in [1.807, 2.05) is 43.3 Å². The highest BCUT2D eigenvalue weighted by molar-refractivity contribution is 6.30. The summed E-state index contributed by atoms with van der Waals surface area (Å²) in [5.41, 5.74) is 2.35. The summed E-state index contributed by atoms with van der Waals surface area (Å²) in [4.78, 5) is 16.5. The van der Waals surface area contributed by atoms with Gasteiger partial charge in [0.2, 0.25) is 5.91 Å². The van der Waals surface area contributed by atoms with Crippen molar-refractivity contribution in [2.45, 2.75) is 19.8 Å². The van der Waals surface area contributed by atoms with Gasteiger partial charge in [-0.2, -0.15) is 4.98 Å². The predicted molar refractivity (Wildman–Crippen MR) is 92.9 cm³/mol. The summed E-state index contributed by atoms with van der Waals surface area (Å²) >= 11 is 5.85. The summed E-state index contributed by atoms with van der Waals surface area (Å²) < 4.78 is 5.22. The lowest BCUT2D eigenvalue weighted by atomic mass is 10.1. The van der Waals surface area contributed by atoms with Crippen molar-refractivity contribution in [1.29, 1.82) is 0 Å². The molecule has 0 unspecified atom stereocenters. The van der Waals surface area contributed by atoms with Crippen LogP contribution in [0.1, 0.15) is 18.3 Å². The van der Waals surface area contributed by atoms with E-state index in [0.29, 0.717) is 28.8 Å². The smallest absolute Gasteiger partial charge is 0.257 e. The molecule has 1 heterocycles. The molecule has 2 aromatic carbocycles. The van der Waals surface area contributed by atoms with Gasteiger partial charge >= 0.3 is 0 Å². The van der Waals surface area contributed by atoms with Gasteiger partial charge in [0, 0.05) is 22.7 Å². The average Bonchev–Trinajstić information content (AvgIpc) is 3.06. The van der Waals surface area contributed by atoms with Gasteiger partial charge in [-0.3, -0.25) is 4.79 Å². The van der Waals surface area contributed by atoms with Crippen molar-refractivity contribution in [2.24, 2.45) is 0 Å². The van der Waals surface area contributed by atoms with E-state index in [1.165, 1.54) is 0 Å². The minimum atomic E-state index is -0.103. The summed E-state index contributed by atoms with van der Waals surface area (Å²) in [7, 11) is 0. The Balaban J connectivity index is 1.69. The third kappa shape index (κ3) is 4.00. The van der Waals surface area contributed by atoms with Crippen molar-refractivity contribution >= 4 is 23.2 Å². The molecule has 0 saturated heterocycles. The monoisotopic (exact) mass is 341 g/mol. The van der Waals surface area contributed by atoms with Crippen molar-refractivity contribution in [1.82, 2.24) is 10.1 Å². The number of hydrogen-bond donors (Lipinski definition) is 1. The zero-order valence-electron chi connectivity index (χ0n) is 13.1. The first-order valence-corrected chi connectivity index (χ1v) is 7.99. The molecule has 0 fully saturated rings. The molecule has 6 heteroatoms. The maximum Gasteiger partial charge on any atom is 0.257 e. The lowest BCUT2D eigenvalue weighted by Crippen LogP contribution is -2.14. The fourth-order valence-corrected chi connectivity index (χ4v) is 2.36. The third-order valence-electron chi connectivity index (χ3n) is 3.46. The van der Waals surface area contributed by atoms with Gasteiger partial charge < -0.3 is 9.84 Å². The van der Waals surface area contributed by atoms with E-state index in [1.54, 1.807) is 12.1 Å². The fourth-order valence-electron chi connectivity index (χ4n) is 2.24. The second kappa shape index (κ2) is 7.27. The summed E-state index contributed by atoms with van der Waals surface area (Å²) in [6.45, 7) is 1.96. The van der Waals surface area contributed by atoms with Crippen LogP contribution in [0.5, 0.6) is 0 Å². The zero-order valence-corrected chi connectivity index (χ0v) is 13.9. The van der Waals surface area contributed by atoms with Crippen molar-refractivity contribution in [2.75, 3.05) is 5.32 Å². The van der Waals surface area contributed by atoms with E-state index in [0.717, 1.165) is 11.1 Å². The van der Waals surface area contributed by atoms with E-state index in [-0.39, 0.29) is 12.3 Å². The number of carbonyl (C=O) groups is 1. The lowest BCUT2D eigenvalue weighted by molar-refractivity contribution is -0.115. The Labute approximate surface area is 144 Å². The second-order valence-electron chi connectivity index (χ2n) is 5.30. The van der Waals surface area contributed by atoms with Gasteiger partial charge in [-0.1, -0.05) is 41.9 Å². The number of rotatable bonds is 5. The summed E-state index contributed by atoms with van der Waals surface area (Å²) in [6.07, 6.45) is 0.989. The molecule has 5 nitrogen and oxygen atoms in total. The summed E-state index contributed by atoms with van der Waals surface area (Å²) in [5, 5.41) is 7.41. The Hall–Kier alpha value is -2.66. The molecule has 1 aromatic heterocycles. The van der Waals surface area contributed by atoms with Crippen LogP contribution in [0.2, 0.25) is 5.02 Å². The van der Waals surface area contributed by atoms with Crippen LogP contribution < -0.4 is 5.32 Å². The molecule has 3 rings (SSSR count). The first-order valence-electron chi connectivity index (χ1n) is 7.61. The molecule has 0 aliphatic heterocycles. The predicted octanol–water partition coefficient (Wildman–Crippen LogP) is 4.13. The average molecular weight is 342 g/mol. The number of aromatic nitrogens is 2. The number of halogens is 1. The highest BCUT2D eigenvalue weighted by atomic mass is 35.5. The van der Waals surface area contributed by atoms with Crippen molar-refractivity contribution < 1.29 is 9.32 Å². The number of carbonyl (C=O) groups excluding carboxylic acids is 1. The van der Waals surface area contributed by atoms with Gasteiger partial charge in [0.1, 0.15) is 0 Å². The van der Waals surface area contributed by atoms with Crippen molar-refractivity contribution in [3.05, 3.63) is 64.9 Å². The number of hydrogen-bond acceptors (Lipinski definition) is 4. The van der Waals surface area contributed by atoms with Crippen LogP contribution in [0.3, 0.4) is 0 Å². The molecule has 24 heavy (non-hydrogen) atoms. The maximum atomic E-state index is 12.2. The van der Waals surface area contributed by atoms with Crippen molar-refractivity contribution in [3.8, 4) is 11.5 Å². The molecule has 122 valence electrons. The minimum absolute atomic E-state index is 0.103. The largest absolute Gasteiger partial charge is 0.334 e. The van der Waals surface area contributed by atoms with Crippen LogP contribution >= 0.6 is 11.6 Å². The molecule has 0 atom stereocenters. The molecule has 0 aliphatic rings. The Morgan fingerprint density at radius 2 is 2.00 bits per heavy atom. The van der Waals surface area contributed by atoms with E-state index >= 15 is 0 Å². The van der Waals surface area contributed by atoms with Crippen molar-refractivity contribution in [3.63, 3.8) is 0 Å². The van der Waals surface area contributed by atoms with Gasteiger partial charge in [-0.15, -0.1) is 0 Å². The van der Waals surface area contributed by atoms with Crippen LogP contribution in [-0.2, 0) is 17.6 Å². The molecule has 0 bridgehead atoms. The molecule has 0 saturated carbocycles. The molecule has 3 aromatic rings. The van der Waals surface area contributed by atoms with Gasteiger partial charge in [0.15, 0.2) is 5.82 Å². The Bertz CT molecular complexity index is 843. The lowest BCUT2D eigenvalue weighted by Gasteiger charge is -2.06. The Kier molecular flexibility index (Phi) is 4.91. The molecular formula is C18H16ClN3O2. The third-order valence-corrected chi connectivity index (χ3v) is 3.71. The van der Waals surface area contributed by atoms with Crippen LogP contribution in [0, 0.1) is 0 Å². The Morgan fingerprint density at radius 3 is 2.71 bits per heavy atom. The molecule has 1 amide bonds. The van der Waals surface area contributed by atoms with E-state index < -0.39 is 0 Å². The molecule has 0 radical (unpaired) electrons. The van der Waals surface area contributed by atoms with E-state index in [4.69, 9.17) is 16.1 Å². The Morgan fingerprint density at radius 1 is 1.21 bits per heavy atom. The van der Waals surface area contributed by atoms with Crippen LogP contribution in [-0.4, -0.2) is 16.0 Å². The quantitative estimate of drug-likeness (QED) is 0.757. The number of nitrogens with one attached hydrogen (secondary N) is 1. The zero-order chi connectivity index (χ0) is 16.9. The van der Waals surface area contributed by atoms with Gasteiger partial charge in [-0.25, -0.2) is 0 Å². The summed E-state index contributed by atoms with van der Waals surface area (Å²) in [5.74, 6) is 0.997. The molecule has 0 spiro atoms. The number of anilines is 1. The maximum absolute atomic E-state index is 12.2. The van der Waals surface area contributed by atoms with E-state index in [9.17, 15) is 4.79 Å². The van der Waals surface area contributed by atoms with E-state index in [2.05, 4.69) is 15.5 Å². The first-order chi connectivity index (χ1) is 11.6. The fraction of sp³-hybridized carbons (Fsp3) is 0.167. The summed E-state index contributed by atoms with van der Waals surface area (Å²) in [6, 6.07) is 14.5. The molecule has 0 aliphatic carbocycles. The first kappa shape index (κ1) is 16.2. The van der Waals surface area contributed by atoms with Gasteiger partial charge in [0.25, 0.3) is 5.89 Å². The van der Waals surface area contributed by atoms with Crippen LogP contribution in [0.4, 0.5) is 5.69 Å². The molecular weight excluding hydrogens is 326 g/mol. The topological polar surface area (TPSA) is 68.0 Å². The highest BCUT2D eigenvalue weighted by Crippen LogP contribution is 2.21. The standard InChI is InChI=1S/C18H16ClN3O2/c1-2-16-21-18(24-22-16)13-4-3-5-15(11-13)20-17(23)10-12-6-8-14(19)9-7-12/h3-9,11H,2,10H2,1H3,(H,20,23). The highest BCUT2D eigenvalue weighted by Gasteiger charge is 2.09. The normalized spacial score (nSPS) is 10.6. The SMILES string of the molecule is CCc1noc(-c2cccc(NC(=O)Cc3ccc(Cl)cc3)c2)n1. The van der Waals surface area contributed by atoms with Crippen LogP contribution in [0.25, 0.3) is 11.5 Å². The van der Waals surface area contributed by atoms with Crippen LogP contribution in [0.15, 0.2) is 53.1 Å². The second-order valence-corrected chi connectivity index (χ2v) is 5.74.